The van der Waals surface area contributed by atoms with E-state index in [2.05, 4.69) is 38.1 Å². The summed E-state index contributed by atoms with van der Waals surface area (Å²) in [5, 5.41) is 20.0. The highest BCUT2D eigenvalue weighted by molar-refractivity contribution is 5.56. The summed E-state index contributed by atoms with van der Waals surface area (Å²) < 4.78 is 0. The van der Waals surface area contributed by atoms with E-state index < -0.39 is 0 Å². The Bertz CT molecular complexity index is 765. The van der Waals surface area contributed by atoms with Crippen LogP contribution in [0.2, 0.25) is 0 Å². The Morgan fingerprint density at radius 1 is 0.645 bits per heavy atom. The first-order chi connectivity index (χ1) is 15.2. The van der Waals surface area contributed by atoms with Crippen molar-refractivity contribution < 1.29 is 0 Å². The molecule has 31 heavy (non-hydrogen) atoms. The second-order valence-electron chi connectivity index (χ2n) is 10.3. The van der Waals surface area contributed by atoms with Gasteiger partial charge in [0.25, 0.3) is 0 Å². The number of rotatable bonds is 9. The van der Waals surface area contributed by atoms with Crippen LogP contribution < -0.4 is 0 Å². The van der Waals surface area contributed by atoms with Gasteiger partial charge in [-0.05, 0) is 86.2 Å². The zero-order chi connectivity index (χ0) is 22.1. The minimum Gasteiger partial charge on any atom is -0.192 e. The molecular formula is C29H42N2. The van der Waals surface area contributed by atoms with Crippen LogP contribution in [0.15, 0.2) is 12.1 Å². The average Bonchev–Trinajstić information content (AvgIpc) is 2.82. The van der Waals surface area contributed by atoms with Gasteiger partial charge in [0.2, 0.25) is 0 Å². The topological polar surface area (TPSA) is 47.6 Å². The summed E-state index contributed by atoms with van der Waals surface area (Å²) in [5.74, 6) is 2.65. The highest BCUT2D eigenvalue weighted by Crippen LogP contribution is 2.43. The first-order valence-corrected chi connectivity index (χ1v) is 13.2. The van der Waals surface area contributed by atoms with E-state index in [4.69, 9.17) is 0 Å². The molecule has 2 aliphatic carbocycles. The summed E-state index contributed by atoms with van der Waals surface area (Å²) in [6.07, 6.45) is 19.2. The smallest absolute Gasteiger partial charge is 0.101 e. The summed E-state index contributed by atoms with van der Waals surface area (Å²) in [7, 11) is 0. The number of hydrogen-bond donors (Lipinski definition) is 0. The lowest BCUT2D eigenvalue weighted by Gasteiger charge is -2.31. The van der Waals surface area contributed by atoms with E-state index in [9.17, 15) is 10.5 Å². The molecule has 1 aromatic rings. The highest BCUT2D eigenvalue weighted by Gasteiger charge is 2.29. The number of nitrogens with zero attached hydrogens (tertiary/aromatic N) is 2. The molecule has 0 atom stereocenters. The molecular weight excluding hydrogens is 376 g/mol. The van der Waals surface area contributed by atoms with Gasteiger partial charge in [0, 0.05) is 0 Å². The lowest BCUT2D eigenvalue weighted by molar-refractivity contribution is 0.301. The molecule has 0 bridgehead atoms. The van der Waals surface area contributed by atoms with E-state index in [0.717, 1.165) is 23.0 Å². The van der Waals surface area contributed by atoms with E-state index in [1.807, 2.05) is 0 Å². The SMILES string of the molecule is CCCCCC1CCC(c2ccc(C3CCC(CCCC)CC3)c(C#N)c2C#N)CC1. The highest BCUT2D eigenvalue weighted by atomic mass is 14.4. The third kappa shape index (κ3) is 6.13. The third-order valence-corrected chi connectivity index (χ3v) is 8.25. The van der Waals surface area contributed by atoms with Crippen LogP contribution in [0.1, 0.15) is 144 Å². The maximum absolute atomic E-state index is 10.0. The van der Waals surface area contributed by atoms with Crippen molar-refractivity contribution in [3.05, 3.63) is 34.4 Å². The van der Waals surface area contributed by atoms with Crippen molar-refractivity contribution in [2.45, 2.75) is 122 Å². The van der Waals surface area contributed by atoms with Gasteiger partial charge in [-0.3, -0.25) is 0 Å². The Morgan fingerprint density at radius 2 is 1.06 bits per heavy atom. The minimum absolute atomic E-state index is 0.461. The summed E-state index contributed by atoms with van der Waals surface area (Å²) in [5.41, 5.74) is 3.71. The van der Waals surface area contributed by atoms with Gasteiger partial charge in [-0.1, -0.05) is 70.9 Å². The largest absolute Gasteiger partial charge is 0.192 e. The standard InChI is InChI=1S/C29H42N2/c1-3-5-7-9-23-12-16-25(17-13-23)27-19-18-26(28(20-30)29(27)21-31)24-14-10-22(11-15-24)8-6-4-2/h18-19,22-25H,3-17H2,1-2H3. The molecule has 2 fully saturated rings. The molecule has 0 radical (unpaired) electrons. The second-order valence-corrected chi connectivity index (χ2v) is 10.3. The van der Waals surface area contributed by atoms with Crippen LogP contribution in [0.5, 0.6) is 0 Å². The first kappa shape index (κ1) is 23.9. The third-order valence-electron chi connectivity index (χ3n) is 8.25. The predicted molar refractivity (Wildman–Crippen MR) is 129 cm³/mol. The van der Waals surface area contributed by atoms with Crippen LogP contribution in [-0.4, -0.2) is 0 Å². The zero-order valence-corrected chi connectivity index (χ0v) is 20.0. The number of nitriles is 2. The fraction of sp³-hybridized carbons (Fsp3) is 0.724. The van der Waals surface area contributed by atoms with E-state index in [-0.39, 0.29) is 0 Å². The van der Waals surface area contributed by atoms with Gasteiger partial charge in [-0.2, -0.15) is 10.5 Å². The summed E-state index contributed by atoms with van der Waals surface area (Å²) >= 11 is 0. The van der Waals surface area contributed by atoms with Crippen molar-refractivity contribution in [1.29, 1.82) is 10.5 Å². The van der Waals surface area contributed by atoms with Gasteiger partial charge < -0.3 is 0 Å². The summed E-state index contributed by atoms with van der Waals surface area (Å²) in [6, 6.07) is 9.36. The van der Waals surface area contributed by atoms with Gasteiger partial charge in [-0.25, -0.2) is 0 Å². The molecule has 1 aromatic carbocycles. The normalized spacial score (nSPS) is 26.2. The van der Waals surface area contributed by atoms with Crippen molar-refractivity contribution in [2.24, 2.45) is 11.8 Å². The number of benzene rings is 1. The minimum atomic E-state index is 0.461. The maximum Gasteiger partial charge on any atom is 0.101 e. The van der Waals surface area contributed by atoms with Crippen molar-refractivity contribution in [3.8, 4) is 12.1 Å². The zero-order valence-electron chi connectivity index (χ0n) is 20.0. The molecule has 2 saturated carbocycles. The van der Waals surface area contributed by atoms with Crippen LogP contribution in [0, 0.1) is 34.5 Å². The predicted octanol–water partition coefficient (Wildman–Crippen LogP) is 8.75. The lowest BCUT2D eigenvalue weighted by Crippen LogP contribution is -2.17. The Balaban J connectivity index is 1.68. The van der Waals surface area contributed by atoms with Gasteiger partial charge in [0.1, 0.15) is 12.1 Å². The van der Waals surface area contributed by atoms with Gasteiger partial charge in [-0.15, -0.1) is 0 Å². The lowest BCUT2D eigenvalue weighted by atomic mass is 9.72. The molecule has 2 aliphatic rings. The van der Waals surface area contributed by atoms with Gasteiger partial charge >= 0.3 is 0 Å². The average molecular weight is 419 g/mol. The van der Waals surface area contributed by atoms with Crippen LogP contribution in [0.25, 0.3) is 0 Å². The first-order valence-electron chi connectivity index (χ1n) is 13.2. The molecule has 0 unspecified atom stereocenters. The maximum atomic E-state index is 10.0. The van der Waals surface area contributed by atoms with E-state index in [0.29, 0.717) is 23.0 Å². The molecule has 0 amide bonds. The molecule has 0 aromatic heterocycles. The Hall–Kier alpha value is -1.80. The van der Waals surface area contributed by atoms with Crippen LogP contribution in [0.4, 0.5) is 0 Å². The van der Waals surface area contributed by atoms with Crippen molar-refractivity contribution in [3.63, 3.8) is 0 Å². The summed E-state index contributed by atoms with van der Waals surface area (Å²) in [6.45, 7) is 4.55. The molecule has 0 spiro atoms. The van der Waals surface area contributed by atoms with Crippen molar-refractivity contribution >= 4 is 0 Å². The Labute approximate surface area is 191 Å². The quantitative estimate of drug-likeness (QED) is 0.376. The molecule has 0 N–H and O–H groups in total. The fourth-order valence-corrected chi connectivity index (χ4v) is 6.26. The van der Waals surface area contributed by atoms with Crippen LogP contribution in [-0.2, 0) is 0 Å². The van der Waals surface area contributed by atoms with Crippen molar-refractivity contribution in [1.82, 2.24) is 0 Å². The number of unbranched alkanes of at least 4 members (excludes halogenated alkanes) is 3. The monoisotopic (exact) mass is 418 g/mol. The van der Waals surface area contributed by atoms with Crippen LogP contribution in [0.3, 0.4) is 0 Å². The Morgan fingerprint density at radius 3 is 1.45 bits per heavy atom. The van der Waals surface area contributed by atoms with Crippen molar-refractivity contribution in [2.75, 3.05) is 0 Å². The Kier molecular flexibility index (Phi) is 9.46. The molecule has 0 heterocycles. The molecule has 2 nitrogen and oxygen atoms in total. The van der Waals surface area contributed by atoms with Crippen LogP contribution >= 0.6 is 0 Å². The molecule has 3 rings (SSSR count). The summed E-state index contributed by atoms with van der Waals surface area (Å²) in [4.78, 5) is 0. The fourth-order valence-electron chi connectivity index (χ4n) is 6.26. The van der Waals surface area contributed by atoms with E-state index in [1.165, 1.54) is 96.3 Å². The number of hydrogen-bond acceptors (Lipinski definition) is 2. The molecule has 2 heteroatoms. The molecule has 0 aliphatic heterocycles. The van der Waals surface area contributed by atoms with Gasteiger partial charge in [0.05, 0.1) is 11.1 Å². The van der Waals surface area contributed by atoms with E-state index in [1.54, 1.807) is 0 Å². The second kappa shape index (κ2) is 12.3. The molecule has 168 valence electrons. The van der Waals surface area contributed by atoms with Gasteiger partial charge in [0.15, 0.2) is 0 Å². The molecule has 0 saturated heterocycles. The van der Waals surface area contributed by atoms with E-state index >= 15 is 0 Å².